The molecule has 2 rings (SSSR count). The van der Waals surface area contributed by atoms with Crippen molar-refractivity contribution in [3.05, 3.63) is 0 Å². The van der Waals surface area contributed by atoms with Gasteiger partial charge in [-0.2, -0.15) is 0 Å². The molecule has 0 saturated carbocycles. The molecule has 0 aromatic rings. The van der Waals surface area contributed by atoms with Gasteiger partial charge >= 0.3 is 0 Å². The van der Waals surface area contributed by atoms with E-state index >= 15 is 0 Å². The van der Waals surface area contributed by atoms with Gasteiger partial charge in [0.15, 0.2) is 0 Å². The van der Waals surface area contributed by atoms with E-state index in [1.54, 1.807) is 0 Å². The fraction of sp³-hybridized carbons (Fsp3) is 0.917. The summed E-state index contributed by atoms with van der Waals surface area (Å²) in [7, 11) is 0. The highest BCUT2D eigenvalue weighted by Gasteiger charge is 2.39. The number of aliphatic hydroxyl groups is 1. The molecule has 2 fully saturated rings. The molecule has 2 N–H and O–H groups in total. The van der Waals surface area contributed by atoms with Gasteiger partial charge in [0.1, 0.15) is 6.10 Å². The van der Waals surface area contributed by atoms with Crippen LogP contribution in [0.3, 0.4) is 0 Å². The molecule has 2 aliphatic heterocycles. The molecule has 0 radical (unpaired) electrons. The van der Waals surface area contributed by atoms with Crippen molar-refractivity contribution in [3.8, 4) is 0 Å². The Labute approximate surface area is 110 Å². The second-order valence-electron chi connectivity index (χ2n) is 5.33. The van der Waals surface area contributed by atoms with Crippen LogP contribution in [0, 0.1) is 0 Å². The van der Waals surface area contributed by atoms with Crippen LogP contribution in [-0.2, 0) is 9.53 Å². The predicted molar refractivity (Wildman–Crippen MR) is 64.0 cm³/mol. The zero-order valence-corrected chi connectivity index (χ0v) is 10.9. The second kappa shape index (κ2) is 5.68. The number of halogens is 2. The summed E-state index contributed by atoms with van der Waals surface area (Å²) in [6.45, 7) is 2.68. The van der Waals surface area contributed by atoms with Gasteiger partial charge in [0.2, 0.25) is 5.91 Å². The summed E-state index contributed by atoms with van der Waals surface area (Å²) in [6, 6.07) is -0.409. The first kappa shape index (κ1) is 14.6. The maximum Gasteiger partial charge on any atom is 0.250 e. The molecule has 3 atom stereocenters. The van der Waals surface area contributed by atoms with Crippen molar-refractivity contribution in [2.75, 3.05) is 26.2 Å². The number of alkyl halides is 2. The number of piperidine rings is 1. The summed E-state index contributed by atoms with van der Waals surface area (Å²) >= 11 is 0. The highest BCUT2D eigenvalue weighted by Crippen LogP contribution is 2.28. The van der Waals surface area contributed by atoms with Crippen LogP contribution >= 0.6 is 0 Å². The number of nitrogens with zero attached hydrogens (tertiary/aromatic N) is 1. The van der Waals surface area contributed by atoms with E-state index in [0.29, 0.717) is 19.6 Å². The number of carbonyl (C=O) groups is 1. The number of amides is 1. The van der Waals surface area contributed by atoms with E-state index in [0.717, 1.165) is 0 Å². The van der Waals surface area contributed by atoms with Gasteiger partial charge in [-0.25, -0.2) is 8.78 Å². The Balaban J connectivity index is 1.79. The average Bonchev–Trinajstić information content (AvgIpc) is 2.64. The summed E-state index contributed by atoms with van der Waals surface area (Å²) in [5.41, 5.74) is 0. The van der Waals surface area contributed by atoms with Gasteiger partial charge in [-0.1, -0.05) is 0 Å². The van der Waals surface area contributed by atoms with Crippen molar-refractivity contribution >= 4 is 5.91 Å². The second-order valence-corrected chi connectivity index (χ2v) is 5.33. The van der Waals surface area contributed by atoms with Gasteiger partial charge in [-0.3, -0.25) is 4.79 Å². The van der Waals surface area contributed by atoms with Gasteiger partial charge in [0, 0.05) is 39.4 Å². The molecular weight excluding hydrogens is 258 g/mol. The Morgan fingerprint density at radius 1 is 1.47 bits per heavy atom. The zero-order valence-electron chi connectivity index (χ0n) is 10.9. The number of likely N-dealkylation sites (tertiary alicyclic amines) is 1. The third-order valence-electron chi connectivity index (χ3n) is 3.70. The van der Waals surface area contributed by atoms with E-state index in [4.69, 9.17) is 4.74 Å². The van der Waals surface area contributed by atoms with Crippen molar-refractivity contribution in [2.45, 2.75) is 43.9 Å². The molecule has 0 aromatic heterocycles. The van der Waals surface area contributed by atoms with E-state index < -0.39 is 24.2 Å². The standard InChI is InChI=1S/C12H20F2N2O3/c1-8(17)15-9-7-19-10(11(9)18)6-16-4-2-12(13,14)3-5-16/h9-11,18H,2-7H2,1H3,(H,15,17)/t9-,10-,11+/m0/s1. The van der Waals surface area contributed by atoms with Crippen LogP contribution in [0.15, 0.2) is 0 Å². The Hall–Kier alpha value is -0.790. The van der Waals surface area contributed by atoms with Crippen LogP contribution in [-0.4, -0.2) is 66.3 Å². The monoisotopic (exact) mass is 278 g/mol. The summed E-state index contributed by atoms with van der Waals surface area (Å²) in [5.74, 6) is -2.78. The number of aliphatic hydroxyl groups excluding tert-OH is 1. The molecule has 2 aliphatic rings. The highest BCUT2D eigenvalue weighted by molar-refractivity contribution is 5.73. The molecule has 7 heteroatoms. The average molecular weight is 278 g/mol. The van der Waals surface area contributed by atoms with E-state index in [-0.39, 0.29) is 25.4 Å². The third kappa shape index (κ3) is 3.84. The molecule has 0 spiro atoms. The lowest BCUT2D eigenvalue weighted by atomic mass is 10.0. The molecule has 110 valence electrons. The summed E-state index contributed by atoms with van der Waals surface area (Å²) in [6.07, 6.45) is -1.51. The van der Waals surface area contributed by atoms with Crippen molar-refractivity contribution in [1.82, 2.24) is 10.2 Å². The Bertz CT molecular complexity index is 331. The summed E-state index contributed by atoms with van der Waals surface area (Å²) in [4.78, 5) is 12.8. The number of rotatable bonds is 3. The molecule has 0 bridgehead atoms. The first-order chi connectivity index (χ1) is 8.87. The minimum atomic E-state index is -2.57. The third-order valence-corrected chi connectivity index (χ3v) is 3.70. The van der Waals surface area contributed by atoms with E-state index in [1.165, 1.54) is 6.92 Å². The molecule has 0 aliphatic carbocycles. The number of ether oxygens (including phenoxy) is 1. The topological polar surface area (TPSA) is 61.8 Å². The molecule has 0 unspecified atom stereocenters. The van der Waals surface area contributed by atoms with Gasteiger partial charge < -0.3 is 20.1 Å². The molecular formula is C12H20F2N2O3. The minimum absolute atomic E-state index is 0.148. The lowest BCUT2D eigenvalue weighted by Gasteiger charge is -2.33. The number of hydrogen-bond acceptors (Lipinski definition) is 4. The largest absolute Gasteiger partial charge is 0.388 e. The van der Waals surface area contributed by atoms with Crippen LogP contribution in [0.1, 0.15) is 19.8 Å². The van der Waals surface area contributed by atoms with Crippen LogP contribution in [0.2, 0.25) is 0 Å². The molecule has 2 saturated heterocycles. The molecule has 0 aromatic carbocycles. The molecule has 19 heavy (non-hydrogen) atoms. The van der Waals surface area contributed by atoms with E-state index in [1.807, 2.05) is 4.90 Å². The fourth-order valence-corrected chi connectivity index (χ4v) is 2.55. The maximum atomic E-state index is 13.0. The van der Waals surface area contributed by atoms with Gasteiger partial charge in [0.05, 0.1) is 18.8 Å². The van der Waals surface area contributed by atoms with Gasteiger partial charge in [-0.15, -0.1) is 0 Å². The number of hydrogen-bond donors (Lipinski definition) is 2. The summed E-state index contributed by atoms with van der Waals surface area (Å²) < 4.78 is 31.5. The van der Waals surface area contributed by atoms with Crippen LogP contribution in [0.25, 0.3) is 0 Å². The fourth-order valence-electron chi connectivity index (χ4n) is 2.55. The van der Waals surface area contributed by atoms with Crippen LogP contribution in [0.5, 0.6) is 0 Å². The first-order valence-electron chi connectivity index (χ1n) is 6.54. The smallest absolute Gasteiger partial charge is 0.250 e. The zero-order chi connectivity index (χ0) is 14.0. The van der Waals surface area contributed by atoms with Crippen LogP contribution in [0.4, 0.5) is 8.78 Å². The van der Waals surface area contributed by atoms with E-state index in [9.17, 15) is 18.7 Å². The SMILES string of the molecule is CC(=O)N[C@H]1CO[C@@H](CN2CCC(F)(F)CC2)[C@@H]1O. The Morgan fingerprint density at radius 3 is 2.68 bits per heavy atom. The Kier molecular flexibility index (Phi) is 4.37. The Morgan fingerprint density at radius 2 is 2.11 bits per heavy atom. The minimum Gasteiger partial charge on any atom is -0.388 e. The number of nitrogens with one attached hydrogen (secondary N) is 1. The highest BCUT2D eigenvalue weighted by atomic mass is 19.3. The molecule has 1 amide bonds. The van der Waals surface area contributed by atoms with Crippen molar-refractivity contribution in [2.24, 2.45) is 0 Å². The summed E-state index contributed by atoms with van der Waals surface area (Å²) in [5, 5.41) is 12.6. The predicted octanol–water partition coefficient (Wildman–Crippen LogP) is -0.0181. The van der Waals surface area contributed by atoms with Crippen molar-refractivity contribution in [1.29, 1.82) is 0 Å². The first-order valence-corrected chi connectivity index (χ1v) is 6.54. The van der Waals surface area contributed by atoms with Crippen molar-refractivity contribution < 1.29 is 23.4 Å². The molecule has 2 heterocycles. The van der Waals surface area contributed by atoms with Crippen molar-refractivity contribution in [3.63, 3.8) is 0 Å². The quantitative estimate of drug-likeness (QED) is 0.762. The number of carbonyl (C=O) groups excluding carboxylic acids is 1. The maximum absolute atomic E-state index is 13.0. The van der Waals surface area contributed by atoms with E-state index in [2.05, 4.69) is 5.32 Å². The van der Waals surface area contributed by atoms with Crippen LogP contribution < -0.4 is 5.32 Å². The lowest BCUT2D eigenvalue weighted by molar-refractivity contribution is -0.120. The normalized spacial score (nSPS) is 35.3. The van der Waals surface area contributed by atoms with Gasteiger partial charge in [0.25, 0.3) is 5.92 Å². The van der Waals surface area contributed by atoms with Gasteiger partial charge in [-0.05, 0) is 0 Å². The molecule has 5 nitrogen and oxygen atoms in total. The lowest BCUT2D eigenvalue weighted by Crippen LogP contribution is -2.48.